The molecule has 2 aromatic rings. The number of hydrogen-bond acceptors (Lipinski definition) is 3. The molecule has 0 atom stereocenters. The normalized spacial score (nSPS) is 16.0. The van der Waals surface area contributed by atoms with Crippen LogP contribution in [0, 0.1) is 0 Å². The van der Waals surface area contributed by atoms with Crippen LogP contribution in [0.4, 0.5) is 10.5 Å². The smallest absolute Gasteiger partial charge is 0.410 e. The molecule has 1 aromatic heterocycles. The molecule has 1 radical (unpaired) electrons. The predicted octanol–water partition coefficient (Wildman–Crippen LogP) is 4.41. The molecule has 1 aliphatic heterocycles. The molecule has 1 aliphatic rings. The van der Waals surface area contributed by atoms with Crippen LogP contribution in [0.25, 0.3) is 10.9 Å². The predicted molar refractivity (Wildman–Crippen MR) is 124 cm³/mol. The van der Waals surface area contributed by atoms with Gasteiger partial charge in [-0.05, 0) is 59.7 Å². The van der Waals surface area contributed by atoms with E-state index < -0.39 is 14.4 Å². The second kappa shape index (κ2) is 7.71. The van der Waals surface area contributed by atoms with Crippen molar-refractivity contribution in [1.82, 2.24) is 9.47 Å². The molecule has 1 amide bonds. The number of carbonyl (C=O) groups is 1. The minimum absolute atomic E-state index is 0.0487. The molecule has 0 unspecified atom stereocenters. The minimum Gasteiger partial charge on any atom is -0.444 e. The zero-order chi connectivity index (χ0) is 21.6. The van der Waals surface area contributed by atoms with Gasteiger partial charge in [0.2, 0.25) is 0 Å². The summed E-state index contributed by atoms with van der Waals surface area (Å²) in [6.45, 7) is 20.3. The number of fused-ring (bicyclic) bond motifs is 1. The Kier molecular flexibility index (Phi) is 5.78. The summed E-state index contributed by atoms with van der Waals surface area (Å²) in [5.74, 6) is 0. The SMILES string of the molecule is C[Si](C)c1cc2c(N3CCN(C(=O)OC(C)(C)C)CC3)cccc2n1C(C)(C)C. The Morgan fingerprint density at radius 1 is 1.00 bits per heavy atom. The molecule has 3 rings (SSSR count). The van der Waals surface area contributed by atoms with E-state index in [1.54, 1.807) is 0 Å². The van der Waals surface area contributed by atoms with Crippen molar-refractivity contribution in [3.63, 3.8) is 0 Å². The second-order valence-corrected chi connectivity index (χ2v) is 12.7. The molecule has 6 heteroatoms. The van der Waals surface area contributed by atoms with Gasteiger partial charge < -0.3 is 19.1 Å². The van der Waals surface area contributed by atoms with Crippen molar-refractivity contribution in [3.8, 4) is 0 Å². The number of carbonyl (C=O) groups excluding carboxylic acids is 1. The van der Waals surface area contributed by atoms with Crippen LogP contribution < -0.4 is 10.2 Å². The lowest BCUT2D eigenvalue weighted by molar-refractivity contribution is 0.0240. The van der Waals surface area contributed by atoms with Crippen molar-refractivity contribution < 1.29 is 9.53 Å². The van der Waals surface area contributed by atoms with Crippen LogP contribution in [-0.2, 0) is 10.3 Å². The number of hydrogen-bond donors (Lipinski definition) is 0. The molecular weight excluding hydrogens is 378 g/mol. The van der Waals surface area contributed by atoms with Gasteiger partial charge in [0.05, 0.1) is 5.52 Å². The molecule has 29 heavy (non-hydrogen) atoms. The summed E-state index contributed by atoms with van der Waals surface area (Å²) in [5, 5.41) is 2.80. The van der Waals surface area contributed by atoms with E-state index in [1.165, 1.54) is 21.9 Å². The summed E-state index contributed by atoms with van der Waals surface area (Å²) in [5.41, 5.74) is 2.18. The van der Waals surface area contributed by atoms with Gasteiger partial charge in [0.1, 0.15) is 14.4 Å². The van der Waals surface area contributed by atoms with E-state index in [2.05, 4.69) is 67.6 Å². The topological polar surface area (TPSA) is 37.7 Å². The molecule has 1 fully saturated rings. The number of benzene rings is 1. The van der Waals surface area contributed by atoms with E-state index >= 15 is 0 Å². The fourth-order valence-corrected chi connectivity index (χ4v) is 5.37. The Balaban J connectivity index is 1.88. The third kappa shape index (κ3) is 4.63. The van der Waals surface area contributed by atoms with Crippen LogP contribution in [0.15, 0.2) is 24.3 Å². The fraction of sp³-hybridized carbons (Fsp3) is 0.609. The number of aromatic nitrogens is 1. The van der Waals surface area contributed by atoms with Gasteiger partial charge in [-0.15, -0.1) is 0 Å². The Morgan fingerprint density at radius 3 is 2.14 bits per heavy atom. The maximum Gasteiger partial charge on any atom is 0.410 e. The fourth-order valence-electron chi connectivity index (χ4n) is 4.04. The summed E-state index contributed by atoms with van der Waals surface area (Å²) in [4.78, 5) is 16.6. The van der Waals surface area contributed by atoms with Gasteiger partial charge in [-0.2, -0.15) is 0 Å². The number of nitrogens with zero attached hydrogens (tertiary/aromatic N) is 3. The maximum atomic E-state index is 12.4. The zero-order valence-corrected chi connectivity index (χ0v) is 20.3. The summed E-state index contributed by atoms with van der Waals surface area (Å²) >= 11 is 0. The minimum atomic E-state index is -0.594. The van der Waals surface area contributed by atoms with Gasteiger partial charge in [-0.25, -0.2) is 4.79 Å². The number of piperazine rings is 1. The Morgan fingerprint density at radius 2 is 1.62 bits per heavy atom. The van der Waals surface area contributed by atoms with E-state index in [0.29, 0.717) is 13.1 Å². The molecule has 2 heterocycles. The molecule has 1 saturated heterocycles. The molecule has 0 aliphatic carbocycles. The van der Waals surface area contributed by atoms with Gasteiger partial charge in [-0.3, -0.25) is 0 Å². The summed E-state index contributed by atoms with van der Waals surface area (Å²) in [7, 11) is -0.594. The molecule has 0 spiro atoms. The van der Waals surface area contributed by atoms with E-state index in [-0.39, 0.29) is 11.6 Å². The third-order valence-corrected chi connectivity index (χ3v) is 6.67. The van der Waals surface area contributed by atoms with E-state index in [0.717, 1.165) is 13.1 Å². The van der Waals surface area contributed by atoms with Crippen molar-refractivity contribution in [3.05, 3.63) is 24.3 Å². The monoisotopic (exact) mass is 414 g/mol. The van der Waals surface area contributed by atoms with Crippen LogP contribution >= 0.6 is 0 Å². The standard InChI is InChI=1S/C23H36N3O2Si/c1-22(2,3)26-19-11-9-10-18(17(19)16-20(26)29(7)8)24-12-14-25(15-13-24)21(27)28-23(4,5)6/h9-11,16H,12-15H2,1-8H3. The van der Waals surface area contributed by atoms with Crippen LogP contribution in [0.2, 0.25) is 13.1 Å². The molecule has 1 aromatic carbocycles. The van der Waals surface area contributed by atoms with Crippen molar-refractivity contribution in [1.29, 1.82) is 0 Å². The number of anilines is 1. The molecule has 0 N–H and O–H groups in total. The second-order valence-electron chi connectivity index (χ2n) is 10.2. The third-order valence-electron chi connectivity index (χ3n) is 5.28. The molecular formula is C23H36N3O2Si. The van der Waals surface area contributed by atoms with Crippen molar-refractivity contribution in [2.75, 3.05) is 31.1 Å². The Labute approximate surface area is 177 Å². The summed E-state index contributed by atoms with van der Waals surface area (Å²) in [6.07, 6.45) is -0.208. The number of amides is 1. The first-order chi connectivity index (χ1) is 13.4. The first-order valence-corrected chi connectivity index (χ1v) is 13.1. The van der Waals surface area contributed by atoms with Crippen LogP contribution in [0.1, 0.15) is 41.5 Å². The quantitative estimate of drug-likeness (QED) is 0.683. The highest BCUT2D eigenvalue weighted by atomic mass is 28.3. The Hall–Kier alpha value is -1.95. The van der Waals surface area contributed by atoms with Crippen molar-refractivity contribution in [2.24, 2.45) is 0 Å². The number of rotatable bonds is 2. The Bertz CT molecular complexity index is 882. The average Bonchev–Trinajstić information content (AvgIpc) is 3.00. The largest absolute Gasteiger partial charge is 0.444 e. The van der Waals surface area contributed by atoms with Gasteiger partial charge >= 0.3 is 6.09 Å². The van der Waals surface area contributed by atoms with E-state index in [4.69, 9.17) is 4.74 Å². The van der Waals surface area contributed by atoms with Crippen LogP contribution in [0.3, 0.4) is 0 Å². The zero-order valence-electron chi connectivity index (χ0n) is 19.3. The first-order valence-electron chi connectivity index (χ1n) is 10.6. The molecule has 0 saturated carbocycles. The van der Waals surface area contributed by atoms with E-state index in [9.17, 15) is 4.79 Å². The highest BCUT2D eigenvalue weighted by Crippen LogP contribution is 2.31. The summed E-state index contributed by atoms with van der Waals surface area (Å²) < 4.78 is 8.06. The lowest BCUT2D eigenvalue weighted by Gasteiger charge is -2.37. The maximum absolute atomic E-state index is 12.4. The highest BCUT2D eigenvalue weighted by Gasteiger charge is 2.28. The molecule has 159 valence electrons. The van der Waals surface area contributed by atoms with Gasteiger partial charge in [0.15, 0.2) is 0 Å². The van der Waals surface area contributed by atoms with Crippen LogP contribution in [0.5, 0.6) is 0 Å². The molecule has 0 bridgehead atoms. The average molecular weight is 415 g/mol. The van der Waals surface area contributed by atoms with Gasteiger partial charge in [0, 0.05) is 48.1 Å². The van der Waals surface area contributed by atoms with Gasteiger partial charge in [-0.1, -0.05) is 19.2 Å². The van der Waals surface area contributed by atoms with E-state index in [1.807, 2.05) is 25.7 Å². The lowest BCUT2D eigenvalue weighted by atomic mass is 10.1. The first kappa shape index (κ1) is 21.7. The van der Waals surface area contributed by atoms with Crippen LogP contribution in [-0.4, -0.2) is 56.1 Å². The van der Waals surface area contributed by atoms with Crippen molar-refractivity contribution in [2.45, 2.75) is 65.8 Å². The van der Waals surface area contributed by atoms with Crippen molar-refractivity contribution >= 4 is 36.8 Å². The lowest BCUT2D eigenvalue weighted by Crippen LogP contribution is -2.50. The molecule has 5 nitrogen and oxygen atoms in total. The highest BCUT2D eigenvalue weighted by molar-refractivity contribution is 6.70. The van der Waals surface area contributed by atoms with Gasteiger partial charge in [0.25, 0.3) is 0 Å². The number of ether oxygens (including phenoxy) is 1. The summed E-state index contributed by atoms with van der Waals surface area (Å²) in [6, 6.07) is 9.04.